The minimum atomic E-state index is 0.223. The Hall–Kier alpha value is -0.570. The third-order valence-corrected chi connectivity index (χ3v) is 2.84. The lowest BCUT2D eigenvalue weighted by Gasteiger charge is -2.27. The molecule has 2 atom stereocenters. The van der Waals surface area contributed by atoms with Crippen molar-refractivity contribution in [2.45, 2.75) is 32.6 Å². The topological polar surface area (TPSA) is 55.1 Å². The molecule has 0 radical (unpaired) electrons. The molecule has 3 N–H and O–H groups in total. The number of nitrogens with two attached hydrogens (primary N) is 1. The zero-order valence-electron chi connectivity index (χ0n) is 8.38. The van der Waals surface area contributed by atoms with Gasteiger partial charge in [-0.1, -0.05) is 6.42 Å². The molecule has 1 amide bonds. The van der Waals surface area contributed by atoms with Crippen LogP contribution < -0.4 is 11.1 Å². The van der Waals surface area contributed by atoms with E-state index >= 15 is 0 Å². The van der Waals surface area contributed by atoms with Gasteiger partial charge < -0.3 is 11.1 Å². The average Bonchev–Trinajstić information content (AvgIpc) is 2.18. The lowest BCUT2D eigenvalue weighted by Crippen LogP contribution is -2.35. The molecule has 3 nitrogen and oxygen atoms in total. The van der Waals surface area contributed by atoms with Crippen LogP contribution in [0.25, 0.3) is 0 Å². The summed E-state index contributed by atoms with van der Waals surface area (Å²) in [6.45, 7) is 3.43. The summed E-state index contributed by atoms with van der Waals surface area (Å²) in [5.74, 6) is 1.02. The Morgan fingerprint density at radius 1 is 1.54 bits per heavy atom. The van der Waals surface area contributed by atoms with Gasteiger partial charge in [-0.2, -0.15) is 0 Å². The van der Waals surface area contributed by atoms with Gasteiger partial charge in [0, 0.05) is 12.5 Å². The molecule has 2 unspecified atom stereocenters. The summed E-state index contributed by atoms with van der Waals surface area (Å²) >= 11 is 0. The SMILES string of the molecule is CCNC(=O)C1CCCC(CN)C1. The van der Waals surface area contributed by atoms with Crippen LogP contribution in [0, 0.1) is 11.8 Å². The molecule has 0 aromatic rings. The lowest BCUT2D eigenvalue weighted by molar-refractivity contribution is -0.126. The Morgan fingerprint density at radius 2 is 2.31 bits per heavy atom. The van der Waals surface area contributed by atoms with Gasteiger partial charge in [0.15, 0.2) is 0 Å². The molecule has 1 rings (SSSR count). The van der Waals surface area contributed by atoms with Gasteiger partial charge in [0.1, 0.15) is 0 Å². The average molecular weight is 184 g/mol. The third-order valence-electron chi connectivity index (χ3n) is 2.84. The number of hydrogen-bond donors (Lipinski definition) is 2. The summed E-state index contributed by atoms with van der Waals surface area (Å²) in [5, 5.41) is 2.88. The van der Waals surface area contributed by atoms with Gasteiger partial charge in [0.05, 0.1) is 0 Å². The first-order valence-corrected chi connectivity index (χ1v) is 5.25. The fourth-order valence-electron chi connectivity index (χ4n) is 2.06. The van der Waals surface area contributed by atoms with E-state index in [0.29, 0.717) is 5.92 Å². The molecule has 0 bridgehead atoms. The van der Waals surface area contributed by atoms with E-state index in [4.69, 9.17) is 5.73 Å². The van der Waals surface area contributed by atoms with Crippen LogP contribution in [0.15, 0.2) is 0 Å². The van der Waals surface area contributed by atoms with Crippen molar-refractivity contribution in [1.82, 2.24) is 5.32 Å². The molecule has 0 aromatic carbocycles. The highest BCUT2D eigenvalue weighted by atomic mass is 16.1. The van der Waals surface area contributed by atoms with Crippen molar-refractivity contribution >= 4 is 5.91 Å². The molecule has 1 saturated carbocycles. The molecule has 1 fully saturated rings. The molecule has 0 saturated heterocycles. The van der Waals surface area contributed by atoms with Gasteiger partial charge >= 0.3 is 0 Å². The van der Waals surface area contributed by atoms with E-state index in [2.05, 4.69) is 5.32 Å². The maximum absolute atomic E-state index is 11.5. The van der Waals surface area contributed by atoms with Crippen LogP contribution in [0.3, 0.4) is 0 Å². The summed E-state index contributed by atoms with van der Waals surface area (Å²) in [7, 11) is 0. The molecule has 1 aliphatic carbocycles. The Bertz CT molecular complexity index is 170. The second-order valence-corrected chi connectivity index (χ2v) is 3.86. The summed E-state index contributed by atoms with van der Waals surface area (Å²) in [6, 6.07) is 0. The van der Waals surface area contributed by atoms with Crippen LogP contribution in [0.4, 0.5) is 0 Å². The summed E-state index contributed by atoms with van der Waals surface area (Å²) in [4.78, 5) is 11.5. The molecular weight excluding hydrogens is 164 g/mol. The van der Waals surface area contributed by atoms with Crippen molar-refractivity contribution in [2.24, 2.45) is 17.6 Å². The lowest BCUT2D eigenvalue weighted by atomic mass is 9.81. The van der Waals surface area contributed by atoms with Crippen LogP contribution >= 0.6 is 0 Å². The van der Waals surface area contributed by atoms with Gasteiger partial charge in [0.2, 0.25) is 5.91 Å². The smallest absolute Gasteiger partial charge is 0.223 e. The highest BCUT2D eigenvalue weighted by Gasteiger charge is 2.25. The molecule has 0 aromatic heterocycles. The number of hydrogen-bond acceptors (Lipinski definition) is 2. The Morgan fingerprint density at radius 3 is 2.92 bits per heavy atom. The van der Waals surface area contributed by atoms with Crippen LogP contribution in [0.2, 0.25) is 0 Å². The molecule has 76 valence electrons. The Kier molecular flexibility index (Phi) is 4.22. The standard InChI is InChI=1S/C10H20N2O/c1-2-12-10(13)9-5-3-4-8(6-9)7-11/h8-9H,2-7,11H2,1H3,(H,12,13). The second kappa shape index (κ2) is 5.22. The first-order valence-electron chi connectivity index (χ1n) is 5.25. The van der Waals surface area contributed by atoms with Crippen LogP contribution in [0.5, 0.6) is 0 Å². The minimum Gasteiger partial charge on any atom is -0.356 e. The number of carbonyl (C=O) groups excluding carboxylic acids is 1. The first-order chi connectivity index (χ1) is 6.27. The molecular formula is C10H20N2O. The minimum absolute atomic E-state index is 0.223. The predicted molar refractivity (Wildman–Crippen MR) is 53.2 cm³/mol. The predicted octanol–water partition coefficient (Wildman–Crippen LogP) is 0.888. The summed E-state index contributed by atoms with van der Waals surface area (Å²) in [5.41, 5.74) is 5.61. The fraction of sp³-hybridized carbons (Fsp3) is 0.900. The molecule has 3 heteroatoms. The summed E-state index contributed by atoms with van der Waals surface area (Å²) in [6.07, 6.45) is 4.39. The van der Waals surface area contributed by atoms with Crippen molar-refractivity contribution in [2.75, 3.05) is 13.1 Å². The normalized spacial score (nSPS) is 28.5. The first kappa shape index (κ1) is 10.5. The van der Waals surface area contributed by atoms with E-state index in [0.717, 1.165) is 32.4 Å². The van der Waals surface area contributed by atoms with Crippen LogP contribution in [-0.4, -0.2) is 19.0 Å². The van der Waals surface area contributed by atoms with Crippen molar-refractivity contribution in [3.63, 3.8) is 0 Å². The highest BCUT2D eigenvalue weighted by Crippen LogP contribution is 2.28. The van der Waals surface area contributed by atoms with E-state index in [1.54, 1.807) is 0 Å². The number of carbonyl (C=O) groups is 1. The number of amides is 1. The van der Waals surface area contributed by atoms with E-state index < -0.39 is 0 Å². The third kappa shape index (κ3) is 2.99. The molecule has 1 aliphatic rings. The van der Waals surface area contributed by atoms with Crippen molar-refractivity contribution < 1.29 is 4.79 Å². The largest absolute Gasteiger partial charge is 0.356 e. The monoisotopic (exact) mass is 184 g/mol. The van der Waals surface area contributed by atoms with Crippen LogP contribution in [-0.2, 0) is 4.79 Å². The van der Waals surface area contributed by atoms with Gasteiger partial charge in [-0.15, -0.1) is 0 Å². The van der Waals surface area contributed by atoms with E-state index in [9.17, 15) is 4.79 Å². The van der Waals surface area contributed by atoms with Gasteiger partial charge in [0.25, 0.3) is 0 Å². The molecule has 0 spiro atoms. The van der Waals surface area contributed by atoms with Gasteiger partial charge in [-0.25, -0.2) is 0 Å². The Balaban J connectivity index is 2.37. The molecule has 13 heavy (non-hydrogen) atoms. The van der Waals surface area contributed by atoms with E-state index in [-0.39, 0.29) is 11.8 Å². The van der Waals surface area contributed by atoms with E-state index in [1.165, 1.54) is 6.42 Å². The molecule has 0 heterocycles. The summed E-state index contributed by atoms with van der Waals surface area (Å²) < 4.78 is 0. The quantitative estimate of drug-likeness (QED) is 0.684. The van der Waals surface area contributed by atoms with Crippen molar-refractivity contribution in [3.05, 3.63) is 0 Å². The zero-order chi connectivity index (χ0) is 9.68. The Labute approximate surface area is 80.1 Å². The maximum atomic E-state index is 11.5. The number of nitrogens with one attached hydrogen (secondary N) is 1. The zero-order valence-corrected chi connectivity index (χ0v) is 8.38. The molecule has 0 aliphatic heterocycles. The highest BCUT2D eigenvalue weighted by molar-refractivity contribution is 5.78. The van der Waals surface area contributed by atoms with Crippen LogP contribution in [0.1, 0.15) is 32.6 Å². The van der Waals surface area contributed by atoms with Crippen molar-refractivity contribution in [3.8, 4) is 0 Å². The maximum Gasteiger partial charge on any atom is 0.223 e. The van der Waals surface area contributed by atoms with Gasteiger partial charge in [-0.3, -0.25) is 4.79 Å². The van der Waals surface area contributed by atoms with E-state index in [1.807, 2.05) is 6.92 Å². The van der Waals surface area contributed by atoms with Gasteiger partial charge in [-0.05, 0) is 38.6 Å². The second-order valence-electron chi connectivity index (χ2n) is 3.86. The number of rotatable bonds is 3. The fourth-order valence-corrected chi connectivity index (χ4v) is 2.06. The van der Waals surface area contributed by atoms with Crippen molar-refractivity contribution in [1.29, 1.82) is 0 Å².